The molecule has 1 aromatic rings. The molecule has 0 aromatic heterocycles. The maximum atomic E-state index is 6.06. The molecule has 0 saturated carbocycles. The molecule has 1 saturated heterocycles. The number of nitrogens with zero attached hydrogens (tertiary/aromatic N) is 1. The molecule has 1 aromatic carbocycles. The molecule has 1 fully saturated rings. The Hall–Kier alpha value is -0.610. The van der Waals surface area contributed by atoms with Crippen molar-refractivity contribution in [2.24, 2.45) is 0 Å². The van der Waals surface area contributed by atoms with Gasteiger partial charge in [-0.3, -0.25) is 4.90 Å². The van der Waals surface area contributed by atoms with Crippen LogP contribution in [0, 0.1) is 0 Å². The van der Waals surface area contributed by atoms with Crippen molar-refractivity contribution in [2.45, 2.75) is 38.8 Å². The van der Waals surface area contributed by atoms with Gasteiger partial charge >= 0.3 is 0 Å². The van der Waals surface area contributed by atoms with Crippen LogP contribution in [0.4, 0.5) is 0 Å². The van der Waals surface area contributed by atoms with Crippen LogP contribution in [0.5, 0.6) is 0 Å². The predicted molar refractivity (Wildman–Crippen MR) is 89.0 cm³/mol. The smallest absolute Gasteiger partial charge is 0.0896 e. The van der Waals surface area contributed by atoms with E-state index in [4.69, 9.17) is 16.3 Å². The summed E-state index contributed by atoms with van der Waals surface area (Å²) in [5.41, 5.74) is 1.26. The van der Waals surface area contributed by atoms with Crippen LogP contribution in [0.3, 0.4) is 0 Å². The van der Waals surface area contributed by atoms with E-state index in [9.17, 15) is 0 Å². The molecule has 0 spiro atoms. The first-order chi connectivity index (χ1) is 10.2. The monoisotopic (exact) mass is 310 g/mol. The first-order valence-corrected chi connectivity index (χ1v) is 8.45. The lowest BCUT2D eigenvalue weighted by Gasteiger charge is -2.37. The van der Waals surface area contributed by atoms with Crippen molar-refractivity contribution in [1.29, 1.82) is 0 Å². The highest BCUT2D eigenvalue weighted by molar-refractivity contribution is 6.30. The topological polar surface area (TPSA) is 24.5 Å². The third-order valence-electron chi connectivity index (χ3n) is 3.93. The second-order valence-corrected chi connectivity index (χ2v) is 6.13. The van der Waals surface area contributed by atoms with Crippen molar-refractivity contribution < 1.29 is 4.74 Å². The highest BCUT2D eigenvalue weighted by atomic mass is 35.5. The van der Waals surface area contributed by atoms with E-state index in [-0.39, 0.29) is 12.1 Å². The normalized spacial score (nSPS) is 21.4. The maximum absolute atomic E-state index is 6.06. The van der Waals surface area contributed by atoms with Gasteiger partial charge in [-0.2, -0.15) is 0 Å². The molecule has 0 amide bonds. The van der Waals surface area contributed by atoms with Crippen molar-refractivity contribution in [2.75, 3.05) is 32.8 Å². The van der Waals surface area contributed by atoms with Gasteiger partial charge in [0, 0.05) is 18.1 Å². The average molecular weight is 311 g/mol. The Bertz CT molecular complexity index is 408. The third kappa shape index (κ3) is 4.96. The van der Waals surface area contributed by atoms with Gasteiger partial charge in [-0.05, 0) is 43.6 Å². The molecule has 118 valence electrons. The Labute approximate surface area is 133 Å². The molecule has 2 rings (SSSR count). The molecule has 21 heavy (non-hydrogen) atoms. The van der Waals surface area contributed by atoms with E-state index < -0.39 is 0 Å². The minimum absolute atomic E-state index is 0.207. The molecule has 0 bridgehead atoms. The van der Waals surface area contributed by atoms with Gasteiger partial charge in [0.15, 0.2) is 0 Å². The lowest BCUT2D eigenvalue weighted by molar-refractivity contribution is -0.0470. The average Bonchev–Trinajstić information content (AvgIpc) is 2.50. The fraction of sp³-hybridized carbons (Fsp3) is 0.647. The fourth-order valence-corrected chi connectivity index (χ4v) is 3.01. The lowest BCUT2D eigenvalue weighted by Crippen LogP contribution is -2.48. The molecule has 3 nitrogen and oxygen atoms in total. The van der Waals surface area contributed by atoms with Crippen LogP contribution in [0.2, 0.25) is 5.02 Å². The Kier molecular flexibility index (Phi) is 6.97. The molecule has 1 N–H and O–H groups in total. The van der Waals surface area contributed by atoms with Crippen molar-refractivity contribution in [1.82, 2.24) is 10.2 Å². The van der Waals surface area contributed by atoms with Gasteiger partial charge < -0.3 is 10.1 Å². The number of hydrogen-bond donors (Lipinski definition) is 1. The highest BCUT2D eigenvalue weighted by Gasteiger charge is 2.28. The highest BCUT2D eigenvalue weighted by Crippen LogP contribution is 2.24. The first-order valence-electron chi connectivity index (χ1n) is 8.07. The maximum Gasteiger partial charge on any atom is 0.0896 e. The van der Waals surface area contributed by atoms with Crippen molar-refractivity contribution in [3.8, 4) is 0 Å². The number of hydrogen-bond acceptors (Lipinski definition) is 3. The second-order valence-electron chi connectivity index (χ2n) is 5.69. The molecule has 0 aliphatic carbocycles. The minimum atomic E-state index is 0.207. The van der Waals surface area contributed by atoms with Crippen LogP contribution in [0.25, 0.3) is 0 Å². The summed E-state index contributed by atoms with van der Waals surface area (Å²) in [5.74, 6) is 0. The summed E-state index contributed by atoms with van der Waals surface area (Å²) < 4.78 is 6.06. The van der Waals surface area contributed by atoms with Gasteiger partial charge in [0.05, 0.1) is 18.8 Å². The van der Waals surface area contributed by atoms with Crippen LogP contribution in [-0.2, 0) is 4.74 Å². The quantitative estimate of drug-likeness (QED) is 0.834. The Morgan fingerprint density at radius 3 is 2.71 bits per heavy atom. The van der Waals surface area contributed by atoms with Gasteiger partial charge in [0.2, 0.25) is 0 Å². The Morgan fingerprint density at radius 1 is 1.29 bits per heavy atom. The zero-order valence-electron chi connectivity index (χ0n) is 13.1. The van der Waals surface area contributed by atoms with Crippen molar-refractivity contribution in [3.05, 3.63) is 34.9 Å². The van der Waals surface area contributed by atoms with E-state index in [1.54, 1.807) is 0 Å². The zero-order valence-corrected chi connectivity index (χ0v) is 13.9. The number of benzene rings is 1. The number of ether oxygens (including phenoxy) is 1. The predicted octanol–water partition coefficient (Wildman–Crippen LogP) is 3.49. The van der Waals surface area contributed by atoms with E-state index in [1.165, 1.54) is 12.0 Å². The van der Waals surface area contributed by atoms with Gasteiger partial charge in [0.25, 0.3) is 0 Å². The van der Waals surface area contributed by atoms with Gasteiger partial charge in [-0.25, -0.2) is 0 Å². The molecule has 1 aliphatic heterocycles. The van der Waals surface area contributed by atoms with E-state index in [2.05, 4.69) is 36.2 Å². The minimum Gasteiger partial charge on any atom is -0.374 e. The molecule has 2 unspecified atom stereocenters. The first kappa shape index (κ1) is 16.8. The summed E-state index contributed by atoms with van der Waals surface area (Å²) in [6, 6.07) is 8.38. The van der Waals surface area contributed by atoms with Gasteiger partial charge in [0.1, 0.15) is 0 Å². The molecule has 4 heteroatoms. The van der Waals surface area contributed by atoms with Gasteiger partial charge in [-0.15, -0.1) is 0 Å². The SMILES string of the molecule is CCCNC(c1ccc(Cl)cc1)C1CN(CCC)CCO1. The summed E-state index contributed by atoms with van der Waals surface area (Å²) in [7, 11) is 0. The van der Waals surface area contributed by atoms with Crippen molar-refractivity contribution in [3.63, 3.8) is 0 Å². The van der Waals surface area contributed by atoms with Crippen LogP contribution in [0.1, 0.15) is 38.3 Å². The lowest BCUT2D eigenvalue weighted by atomic mass is 9.99. The summed E-state index contributed by atoms with van der Waals surface area (Å²) in [4.78, 5) is 2.50. The van der Waals surface area contributed by atoms with Crippen molar-refractivity contribution >= 4 is 11.6 Å². The molecule has 2 atom stereocenters. The van der Waals surface area contributed by atoms with E-state index in [1.807, 2.05) is 12.1 Å². The summed E-state index contributed by atoms with van der Waals surface area (Å²) in [5, 5.41) is 4.43. The third-order valence-corrected chi connectivity index (χ3v) is 4.18. The van der Waals surface area contributed by atoms with Gasteiger partial charge in [-0.1, -0.05) is 37.6 Å². The largest absolute Gasteiger partial charge is 0.374 e. The van der Waals surface area contributed by atoms with E-state index in [0.29, 0.717) is 0 Å². The number of nitrogens with one attached hydrogen (secondary N) is 1. The number of rotatable bonds is 7. The zero-order chi connectivity index (χ0) is 15.1. The van der Waals surface area contributed by atoms with E-state index >= 15 is 0 Å². The molecular weight excluding hydrogens is 284 g/mol. The number of morpholine rings is 1. The molecule has 1 heterocycles. The van der Waals surface area contributed by atoms with Crippen LogP contribution >= 0.6 is 11.6 Å². The Morgan fingerprint density at radius 2 is 2.05 bits per heavy atom. The van der Waals surface area contributed by atoms with Crippen LogP contribution in [0.15, 0.2) is 24.3 Å². The molecule has 1 aliphatic rings. The summed E-state index contributed by atoms with van der Waals surface area (Å²) in [6.07, 6.45) is 2.52. The summed E-state index contributed by atoms with van der Waals surface area (Å²) >= 11 is 6.01. The Balaban J connectivity index is 2.09. The van der Waals surface area contributed by atoms with E-state index in [0.717, 1.165) is 44.2 Å². The summed E-state index contributed by atoms with van der Waals surface area (Å²) in [6.45, 7) is 9.45. The second kappa shape index (κ2) is 8.74. The fourth-order valence-electron chi connectivity index (χ4n) is 2.89. The molecule has 0 radical (unpaired) electrons. The standard InChI is InChI=1S/C17H27ClN2O/c1-3-9-19-17(14-5-7-15(18)8-6-14)16-13-20(10-4-2)11-12-21-16/h5-8,16-17,19H,3-4,9-13H2,1-2H3. The van der Waals surface area contributed by atoms with Crippen LogP contribution in [-0.4, -0.2) is 43.8 Å². The molecular formula is C17H27ClN2O. The van der Waals surface area contributed by atoms with Crippen LogP contribution < -0.4 is 5.32 Å². The number of halogens is 1.